The minimum atomic E-state index is -3.53. The van der Waals surface area contributed by atoms with Crippen LogP contribution in [0, 0.1) is 11.3 Å². The summed E-state index contributed by atoms with van der Waals surface area (Å²) >= 11 is 0. The third-order valence-corrected chi connectivity index (χ3v) is 3.10. The summed E-state index contributed by atoms with van der Waals surface area (Å²) < 4.78 is 27.2. The fraction of sp³-hybridized carbons (Fsp3) is 0.444. The highest BCUT2D eigenvalue weighted by Gasteiger charge is 2.17. The van der Waals surface area contributed by atoms with Crippen molar-refractivity contribution in [1.82, 2.24) is 9.97 Å². The molecule has 0 aliphatic rings. The summed E-state index contributed by atoms with van der Waals surface area (Å²) in [7, 11) is -3.53. The Morgan fingerprint density at radius 2 is 2.06 bits per heavy atom. The Labute approximate surface area is 94.0 Å². The quantitative estimate of drug-likeness (QED) is 0.723. The van der Waals surface area contributed by atoms with Gasteiger partial charge in [-0.3, -0.25) is 4.18 Å². The Morgan fingerprint density at radius 3 is 2.50 bits per heavy atom. The van der Waals surface area contributed by atoms with Crippen molar-refractivity contribution in [1.29, 1.82) is 5.26 Å². The van der Waals surface area contributed by atoms with Crippen LogP contribution in [0.25, 0.3) is 0 Å². The topological polar surface area (TPSA) is 92.9 Å². The van der Waals surface area contributed by atoms with Crippen LogP contribution in [0.3, 0.4) is 0 Å². The molecule has 0 saturated carbocycles. The van der Waals surface area contributed by atoms with Gasteiger partial charge < -0.3 is 0 Å². The van der Waals surface area contributed by atoms with Gasteiger partial charge in [0.1, 0.15) is 12.2 Å². The van der Waals surface area contributed by atoms with Crippen LogP contribution in [0.4, 0.5) is 0 Å². The summed E-state index contributed by atoms with van der Waals surface area (Å²) in [5, 5.41) is 8.53. The Bertz CT molecular complexity index is 490. The molecule has 0 N–H and O–H groups in total. The Morgan fingerprint density at radius 1 is 1.50 bits per heavy atom. The summed E-state index contributed by atoms with van der Waals surface area (Å²) in [5.41, 5.74) is 0.314. The third-order valence-electron chi connectivity index (χ3n) is 1.81. The maximum absolute atomic E-state index is 11.2. The van der Waals surface area contributed by atoms with Crippen LogP contribution in [0.2, 0.25) is 0 Å². The molecule has 86 valence electrons. The van der Waals surface area contributed by atoms with Crippen molar-refractivity contribution in [3.05, 3.63) is 23.8 Å². The average molecular weight is 241 g/mol. The van der Waals surface area contributed by atoms with Crippen LogP contribution in [-0.4, -0.2) is 24.1 Å². The van der Waals surface area contributed by atoms with E-state index in [1.165, 1.54) is 26.2 Å². The lowest BCUT2D eigenvalue weighted by Crippen LogP contribution is -2.13. The molecule has 0 radical (unpaired) electrons. The van der Waals surface area contributed by atoms with E-state index in [1.807, 2.05) is 6.07 Å². The van der Waals surface area contributed by atoms with Crippen LogP contribution < -0.4 is 0 Å². The summed E-state index contributed by atoms with van der Waals surface area (Å²) in [6.45, 7) is 3.02. The number of hydrogen-bond acceptors (Lipinski definition) is 6. The molecule has 16 heavy (non-hydrogen) atoms. The smallest absolute Gasteiger partial charge is 0.259 e. The van der Waals surface area contributed by atoms with Crippen LogP contribution in [0.1, 0.15) is 31.3 Å². The first-order valence-corrected chi connectivity index (χ1v) is 6.19. The van der Waals surface area contributed by atoms with E-state index in [0.717, 1.165) is 0 Å². The monoisotopic (exact) mass is 241 g/mol. The predicted octanol–water partition coefficient (Wildman–Crippen LogP) is 0.776. The largest absolute Gasteiger partial charge is 0.267 e. The van der Waals surface area contributed by atoms with Crippen molar-refractivity contribution in [2.24, 2.45) is 0 Å². The molecule has 0 aliphatic heterocycles. The highest BCUT2D eigenvalue weighted by atomic mass is 32.2. The fourth-order valence-electron chi connectivity index (χ4n) is 0.937. The van der Waals surface area contributed by atoms with E-state index in [-0.39, 0.29) is 11.6 Å². The van der Waals surface area contributed by atoms with Crippen molar-refractivity contribution in [3.63, 3.8) is 0 Å². The van der Waals surface area contributed by atoms with E-state index in [2.05, 4.69) is 9.97 Å². The lowest BCUT2D eigenvalue weighted by molar-refractivity contribution is 0.224. The fourth-order valence-corrected chi connectivity index (χ4v) is 1.60. The first-order chi connectivity index (χ1) is 7.48. The Kier molecular flexibility index (Phi) is 3.93. The SMILES string of the molecule is CCS(=O)(=O)OC(C)c1ncc(C#N)cn1. The molecule has 1 rings (SSSR count). The molecule has 7 heteroatoms. The molecule has 0 saturated heterocycles. The van der Waals surface area contributed by atoms with Crippen LogP contribution in [0.15, 0.2) is 12.4 Å². The molecule has 1 aromatic heterocycles. The van der Waals surface area contributed by atoms with Crippen molar-refractivity contribution >= 4 is 10.1 Å². The number of aromatic nitrogens is 2. The van der Waals surface area contributed by atoms with Gasteiger partial charge in [-0.05, 0) is 13.8 Å². The average Bonchev–Trinajstić information content (AvgIpc) is 2.28. The van der Waals surface area contributed by atoms with Gasteiger partial charge in [-0.2, -0.15) is 13.7 Å². The molecule has 1 unspecified atom stereocenters. The van der Waals surface area contributed by atoms with Gasteiger partial charge in [0.25, 0.3) is 10.1 Å². The first-order valence-electron chi connectivity index (χ1n) is 4.61. The number of nitriles is 1. The summed E-state index contributed by atoms with van der Waals surface area (Å²) in [6.07, 6.45) is 1.89. The predicted molar refractivity (Wildman–Crippen MR) is 55.7 cm³/mol. The van der Waals surface area contributed by atoms with Gasteiger partial charge in [0.2, 0.25) is 0 Å². The molecule has 6 nitrogen and oxygen atoms in total. The van der Waals surface area contributed by atoms with Crippen LogP contribution in [0.5, 0.6) is 0 Å². The highest BCUT2D eigenvalue weighted by Crippen LogP contribution is 2.14. The Balaban J connectivity index is 2.82. The maximum atomic E-state index is 11.2. The molecule has 0 spiro atoms. The zero-order valence-electron chi connectivity index (χ0n) is 8.91. The number of rotatable bonds is 4. The van der Waals surface area contributed by atoms with Crippen molar-refractivity contribution in [3.8, 4) is 6.07 Å². The van der Waals surface area contributed by atoms with Gasteiger partial charge in [-0.1, -0.05) is 0 Å². The normalized spacial score (nSPS) is 13.1. The molecule has 1 atom stereocenters. The molecule has 0 aliphatic carbocycles. The molecule has 1 aromatic rings. The lowest BCUT2D eigenvalue weighted by atomic mass is 10.3. The van der Waals surface area contributed by atoms with Gasteiger partial charge in [-0.25, -0.2) is 9.97 Å². The first kappa shape index (κ1) is 12.5. The van der Waals surface area contributed by atoms with Gasteiger partial charge in [0, 0.05) is 12.4 Å². The van der Waals surface area contributed by atoms with Crippen molar-refractivity contribution in [2.45, 2.75) is 20.0 Å². The van der Waals surface area contributed by atoms with E-state index >= 15 is 0 Å². The Hall–Kier alpha value is -1.52. The second-order valence-electron chi connectivity index (χ2n) is 3.03. The van der Waals surface area contributed by atoms with E-state index in [1.54, 1.807) is 0 Å². The molecular formula is C9H11N3O3S. The van der Waals surface area contributed by atoms with Gasteiger partial charge in [-0.15, -0.1) is 0 Å². The van der Waals surface area contributed by atoms with E-state index < -0.39 is 16.2 Å². The van der Waals surface area contributed by atoms with Gasteiger partial charge >= 0.3 is 0 Å². The summed E-state index contributed by atoms with van der Waals surface area (Å²) in [6, 6.07) is 1.87. The summed E-state index contributed by atoms with van der Waals surface area (Å²) in [4.78, 5) is 7.69. The lowest BCUT2D eigenvalue weighted by Gasteiger charge is -2.10. The molecule has 0 amide bonds. The maximum Gasteiger partial charge on any atom is 0.267 e. The highest BCUT2D eigenvalue weighted by molar-refractivity contribution is 7.86. The molecule has 0 fully saturated rings. The zero-order chi connectivity index (χ0) is 12.2. The molecule has 0 bridgehead atoms. The number of nitrogens with zero attached hydrogens (tertiary/aromatic N) is 3. The summed E-state index contributed by atoms with van der Waals surface area (Å²) in [5.74, 6) is 0.129. The van der Waals surface area contributed by atoms with E-state index in [9.17, 15) is 8.42 Å². The number of hydrogen-bond donors (Lipinski definition) is 0. The minimum Gasteiger partial charge on any atom is -0.259 e. The zero-order valence-corrected chi connectivity index (χ0v) is 9.73. The van der Waals surface area contributed by atoms with Gasteiger partial charge in [0.05, 0.1) is 11.3 Å². The van der Waals surface area contributed by atoms with E-state index in [4.69, 9.17) is 9.44 Å². The standard InChI is InChI=1S/C9H11N3O3S/c1-3-16(13,14)15-7(2)9-11-5-8(4-10)6-12-9/h5-7H,3H2,1-2H3. The van der Waals surface area contributed by atoms with Crippen molar-refractivity contribution < 1.29 is 12.6 Å². The van der Waals surface area contributed by atoms with Crippen molar-refractivity contribution in [2.75, 3.05) is 5.75 Å². The third kappa shape index (κ3) is 3.25. The minimum absolute atomic E-state index is 0.104. The second kappa shape index (κ2) is 5.01. The molecule has 0 aromatic carbocycles. The molecular weight excluding hydrogens is 230 g/mol. The second-order valence-corrected chi connectivity index (χ2v) is 4.91. The van der Waals surface area contributed by atoms with E-state index in [0.29, 0.717) is 5.56 Å². The van der Waals surface area contributed by atoms with Crippen LogP contribution in [-0.2, 0) is 14.3 Å². The molecule has 1 heterocycles. The van der Waals surface area contributed by atoms with Crippen LogP contribution >= 0.6 is 0 Å². The van der Waals surface area contributed by atoms with Gasteiger partial charge in [0.15, 0.2) is 5.82 Å².